The molecule has 106 valence electrons. The van der Waals surface area contributed by atoms with Gasteiger partial charge in [-0.3, -0.25) is 4.79 Å². The molecule has 0 radical (unpaired) electrons. The van der Waals surface area contributed by atoms with Gasteiger partial charge in [0.15, 0.2) is 4.34 Å². The van der Waals surface area contributed by atoms with Crippen LogP contribution in [0.2, 0.25) is 0 Å². The van der Waals surface area contributed by atoms with Crippen LogP contribution in [-0.2, 0) is 9.53 Å². The van der Waals surface area contributed by atoms with E-state index in [0.29, 0.717) is 11.4 Å². The van der Waals surface area contributed by atoms with Crippen LogP contribution in [0.3, 0.4) is 0 Å². The van der Waals surface area contributed by atoms with Crippen molar-refractivity contribution in [1.29, 1.82) is 0 Å². The molecule has 0 amide bonds. The maximum Gasteiger partial charge on any atom is 0.319 e. The fourth-order valence-corrected chi connectivity index (χ4v) is 3.86. The van der Waals surface area contributed by atoms with Gasteiger partial charge in [-0.25, -0.2) is 4.98 Å². The SMILES string of the molecule is CCC(Sc1nc(-c2ccccc2)c(N)s1)C(=O)OC. The van der Waals surface area contributed by atoms with Crippen molar-refractivity contribution in [3.8, 4) is 11.3 Å². The first kappa shape index (κ1) is 14.9. The topological polar surface area (TPSA) is 65.2 Å². The first-order chi connectivity index (χ1) is 9.65. The van der Waals surface area contributed by atoms with Crippen LogP contribution < -0.4 is 5.73 Å². The van der Waals surface area contributed by atoms with E-state index in [1.54, 1.807) is 0 Å². The van der Waals surface area contributed by atoms with Crippen LogP contribution >= 0.6 is 23.1 Å². The molecule has 2 rings (SSSR count). The highest BCUT2D eigenvalue weighted by molar-refractivity contribution is 8.02. The van der Waals surface area contributed by atoms with Gasteiger partial charge < -0.3 is 10.5 Å². The number of thiazole rings is 1. The van der Waals surface area contributed by atoms with Crippen LogP contribution in [0.1, 0.15) is 13.3 Å². The zero-order chi connectivity index (χ0) is 14.5. The first-order valence-corrected chi connectivity index (χ1v) is 7.91. The zero-order valence-electron chi connectivity index (χ0n) is 11.3. The number of hydrogen-bond acceptors (Lipinski definition) is 6. The van der Waals surface area contributed by atoms with Gasteiger partial charge in [-0.15, -0.1) is 0 Å². The Morgan fingerprint density at radius 3 is 2.75 bits per heavy atom. The molecule has 0 bridgehead atoms. The third-order valence-electron chi connectivity index (χ3n) is 2.76. The zero-order valence-corrected chi connectivity index (χ0v) is 13.0. The lowest BCUT2D eigenvalue weighted by Crippen LogP contribution is -2.17. The van der Waals surface area contributed by atoms with Crippen molar-refractivity contribution in [2.75, 3.05) is 12.8 Å². The average molecular weight is 308 g/mol. The molecule has 2 aromatic rings. The van der Waals surface area contributed by atoms with E-state index in [0.717, 1.165) is 15.6 Å². The fourth-order valence-electron chi connectivity index (χ4n) is 1.72. The molecule has 2 N–H and O–H groups in total. The summed E-state index contributed by atoms with van der Waals surface area (Å²) in [5, 5.41) is 0.424. The molecule has 0 aliphatic heterocycles. The van der Waals surface area contributed by atoms with Crippen LogP contribution in [0.15, 0.2) is 34.7 Å². The van der Waals surface area contributed by atoms with E-state index < -0.39 is 0 Å². The molecule has 1 unspecified atom stereocenters. The van der Waals surface area contributed by atoms with Gasteiger partial charge in [0.25, 0.3) is 0 Å². The Hall–Kier alpha value is -1.53. The summed E-state index contributed by atoms with van der Waals surface area (Å²) in [4.78, 5) is 16.1. The van der Waals surface area contributed by atoms with Gasteiger partial charge in [-0.05, 0) is 6.42 Å². The molecule has 4 nitrogen and oxygen atoms in total. The van der Waals surface area contributed by atoms with Gasteiger partial charge in [0.2, 0.25) is 0 Å². The van der Waals surface area contributed by atoms with Gasteiger partial charge >= 0.3 is 5.97 Å². The van der Waals surface area contributed by atoms with Crippen molar-refractivity contribution in [3.05, 3.63) is 30.3 Å². The summed E-state index contributed by atoms with van der Waals surface area (Å²) < 4.78 is 5.57. The number of ether oxygens (including phenoxy) is 1. The third-order valence-corrected chi connectivity index (χ3v) is 5.08. The number of nitrogen functional groups attached to an aromatic ring is 1. The minimum atomic E-state index is -0.242. The maximum atomic E-state index is 11.6. The highest BCUT2D eigenvalue weighted by Gasteiger charge is 2.21. The Kier molecular flexibility index (Phi) is 5.03. The van der Waals surface area contributed by atoms with Crippen LogP contribution in [0, 0.1) is 0 Å². The number of hydrogen-bond donors (Lipinski definition) is 1. The Morgan fingerprint density at radius 2 is 2.15 bits per heavy atom. The second kappa shape index (κ2) is 6.76. The largest absolute Gasteiger partial charge is 0.468 e. The molecule has 1 heterocycles. The van der Waals surface area contributed by atoms with Gasteiger partial charge in [0.1, 0.15) is 15.9 Å². The van der Waals surface area contributed by atoms with E-state index in [9.17, 15) is 4.79 Å². The van der Waals surface area contributed by atoms with Crippen LogP contribution in [0.4, 0.5) is 5.00 Å². The summed E-state index contributed by atoms with van der Waals surface area (Å²) in [6.07, 6.45) is 0.692. The van der Waals surface area contributed by atoms with E-state index in [1.165, 1.54) is 30.2 Å². The number of nitrogens with zero attached hydrogens (tertiary/aromatic N) is 1. The predicted molar refractivity (Wildman–Crippen MR) is 83.9 cm³/mol. The number of esters is 1. The van der Waals surface area contributed by atoms with Crippen LogP contribution in [-0.4, -0.2) is 23.3 Å². The van der Waals surface area contributed by atoms with Gasteiger partial charge in [-0.1, -0.05) is 60.4 Å². The molecule has 0 saturated carbocycles. The van der Waals surface area contributed by atoms with Crippen molar-refractivity contribution in [3.63, 3.8) is 0 Å². The highest BCUT2D eigenvalue weighted by atomic mass is 32.2. The lowest BCUT2D eigenvalue weighted by Gasteiger charge is -2.09. The molecular formula is C14H16N2O2S2. The number of methoxy groups -OCH3 is 1. The number of rotatable bonds is 5. The molecule has 0 aliphatic carbocycles. The summed E-state index contributed by atoms with van der Waals surface area (Å²) in [5.74, 6) is -0.229. The Balaban J connectivity index is 2.21. The minimum absolute atomic E-state index is 0.229. The standard InChI is InChI=1S/C14H16N2O2S2/c1-3-10(13(17)18-2)19-14-16-11(12(15)20-14)9-7-5-4-6-8-9/h4-8,10H,3,15H2,1-2H3. The molecule has 1 aromatic carbocycles. The number of carbonyl (C=O) groups excluding carboxylic acids is 1. The molecule has 0 aliphatic rings. The summed E-state index contributed by atoms with van der Waals surface area (Å²) >= 11 is 2.81. The predicted octanol–water partition coefficient (Wildman–Crippen LogP) is 3.44. The van der Waals surface area contributed by atoms with E-state index >= 15 is 0 Å². The van der Waals surface area contributed by atoms with Gasteiger partial charge in [0.05, 0.1) is 7.11 Å². The smallest absolute Gasteiger partial charge is 0.319 e. The molecule has 6 heteroatoms. The fraction of sp³-hybridized carbons (Fsp3) is 0.286. The van der Waals surface area contributed by atoms with Crippen LogP contribution in [0.25, 0.3) is 11.3 Å². The quantitative estimate of drug-likeness (QED) is 0.677. The number of aromatic nitrogens is 1. The second-order valence-corrected chi connectivity index (χ2v) is 6.58. The number of benzene rings is 1. The molecule has 0 saturated heterocycles. The van der Waals surface area contributed by atoms with E-state index in [1.807, 2.05) is 37.3 Å². The molecule has 1 atom stereocenters. The number of nitrogens with two attached hydrogens (primary N) is 1. The third kappa shape index (κ3) is 3.32. The molecule has 20 heavy (non-hydrogen) atoms. The molecular weight excluding hydrogens is 292 g/mol. The first-order valence-electron chi connectivity index (χ1n) is 6.22. The minimum Gasteiger partial charge on any atom is -0.468 e. The second-order valence-electron chi connectivity index (χ2n) is 4.10. The van der Waals surface area contributed by atoms with E-state index in [2.05, 4.69) is 4.98 Å². The number of anilines is 1. The number of thioether (sulfide) groups is 1. The monoisotopic (exact) mass is 308 g/mol. The van der Waals surface area contributed by atoms with Crippen molar-refractivity contribution in [1.82, 2.24) is 4.98 Å². The van der Waals surface area contributed by atoms with Crippen molar-refractivity contribution < 1.29 is 9.53 Å². The molecule has 0 spiro atoms. The number of carbonyl (C=O) groups is 1. The summed E-state index contributed by atoms with van der Waals surface area (Å²) in [5.41, 5.74) is 7.79. The maximum absolute atomic E-state index is 11.6. The summed E-state index contributed by atoms with van der Waals surface area (Å²) in [7, 11) is 1.40. The Morgan fingerprint density at radius 1 is 1.45 bits per heavy atom. The lowest BCUT2D eigenvalue weighted by atomic mass is 10.2. The van der Waals surface area contributed by atoms with Gasteiger partial charge in [-0.2, -0.15) is 0 Å². The van der Waals surface area contributed by atoms with E-state index in [4.69, 9.17) is 10.5 Å². The molecule has 1 aromatic heterocycles. The Bertz CT molecular complexity index is 584. The van der Waals surface area contributed by atoms with Crippen molar-refractivity contribution in [2.45, 2.75) is 22.9 Å². The van der Waals surface area contributed by atoms with Gasteiger partial charge in [0, 0.05) is 5.56 Å². The lowest BCUT2D eigenvalue weighted by molar-refractivity contribution is -0.140. The summed E-state index contributed by atoms with van der Waals surface area (Å²) in [6, 6.07) is 9.79. The highest BCUT2D eigenvalue weighted by Crippen LogP contribution is 2.37. The molecule has 0 fully saturated rings. The summed E-state index contributed by atoms with van der Waals surface area (Å²) in [6.45, 7) is 1.95. The van der Waals surface area contributed by atoms with E-state index in [-0.39, 0.29) is 11.2 Å². The Labute approximate surface area is 126 Å². The normalized spacial score (nSPS) is 12.1. The van der Waals surface area contributed by atoms with Crippen molar-refractivity contribution in [2.24, 2.45) is 0 Å². The van der Waals surface area contributed by atoms with Crippen molar-refractivity contribution >= 4 is 34.1 Å². The average Bonchev–Trinajstić information content (AvgIpc) is 2.85. The van der Waals surface area contributed by atoms with Crippen LogP contribution in [0.5, 0.6) is 0 Å².